The molecule has 0 radical (unpaired) electrons. The van der Waals surface area contributed by atoms with Crippen molar-refractivity contribution in [1.29, 1.82) is 0 Å². The maximum atomic E-state index is 10.4. The molecule has 2 aromatic heterocycles. The van der Waals surface area contributed by atoms with Crippen molar-refractivity contribution in [2.75, 3.05) is 24.6 Å². The van der Waals surface area contributed by atoms with Crippen LogP contribution < -0.4 is 4.90 Å². The molecule has 26 heavy (non-hydrogen) atoms. The first-order valence-electron chi connectivity index (χ1n) is 8.96. The van der Waals surface area contributed by atoms with Crippen molar-refractivity contribution in [3.05, 3.63) is 35.5 Å². The predicted octanol–water partition coefficient (Wildman–Crippen LogP) is 2.48. The van der Waals surface area contributed by atoms with Crippen molar-refractivity contribution in [2.45, 2.75) is 32.3 Å². The molecule has 1 N–H and O–H groups in total. The number of morpholine rings is 1. The van der Waals surface area contributed by atoms with Crippen LogP contribution >= 0.6 is 0 Å². The van der Waals surface area contributed by atoms with E-state index in [1.165, 1.54) is 0 Å². The molecule has 3 aromatic rings. The van der Waals surface area contributed by atoms with Crippen molar-refractivity contribution in [3.63, 3.8) is 0 Å². The molecule has 0 amide bonds. The fraction of sp³-hybridized carbons (Fsp3) is 0.421. The normalized spacial score (nSPS) is 18.6. The number of phenolic OH excluding ortho intramolecular Hbond substituents is 1. The van der Waals surface area contributed by atoms with Gasteiger partial charge in [0.15, 0.2) is 0 Å². The number of aryl methyl sites for hydroxylation is 2. The zero-order valence-corrected chi connectivity index (χ0v) is 14.9. The lowest BCUT2D eigenvalue weighted by atomic mass is 10.0. The SMILES string of the molecule is Cc1cc(C)c(-c2ccn3nc(N4CCOC5(CC5)C4)nc3n2)c(O)c1. The van der Waals surface area contributed by atoms with Gasteiger partial charge in [-0.05, 0) is 49.9 Å². The van der Waals surface area contributed by atoms with E-state index >= 15 is 0 Å². The second-order valence-electron chi connectivity index (χ2n) is 7.40. The number of rotatable bonds is 2. The number of anilines is 1. The summed E-state index contributed by atoms with van der Waals surface area (Å²) in [7, 11) is 0. The molecular formula is C19H21N5O2. The quantitative estimate of drug-likeness (QED) is 0.764. The zero-order chi connectivity index (χ0) is 17.9. The molecular weight excluding hydrogens is 330 g/mol. The van der Waals surface area contributed by atoms with Crippen LogP contribution in [0.5, 0.6) is 5.75 Å². The Hall–Kier alpha value is -2.67. The maximum absolute atomic E-state index is 10.4. The number of phenols is 1. The minimum Gasteiger partial charge on any atom is -0.507 e. The molecule has 1 saturated heterocycles. The van der Waals surface area contributed by atoms with Crippen molar-refractivity contribution in [3.8, 4) is 17.0 Å². The molecule has 0 unspecified atom stereocenters. The highest BCUT2D eigenvalue weighted by molar-refractivity contribution is 5.72. The minimum atomic E-state index is 0.0269. The van der Waals surface area contributed by atoms with E-state index in [1.54, 1.807) is 10.6 Å². The van der Waals surface area contributed by atoms with E-state index in [0.717, 1.165) is 42.6 Å². The molecule has 1 aromatic carbocycles. The summed E-state index contributed by atoms with van der Waals surface area (Å²) in [6.45, 7) is 6.29. The van der Waals surface area contributed by atoms with Crippen LogP contribution in [0.4, 0.5) is 5.95 Å². The highest BCUT2D eigenvalue weighted by Gasteiger charge is 2.48. The molecule has 2 aliphatic rings. The van der Waals surface area contributed by atoms with Gasteiger partial charge in [-0.15, -0.1) is 5.10 Å². The molecule has 1 spiro atoms. The molecule has 1 aliphatic heterocycles. The Balaban J connectivity index is 1.53. The van der Waals surface area contributed by atoms with Crippen LogP contribution in [0.3, 0.4) is 0 Å². The molecule has 1 saturated carbocycles. The van der Waals surface area contributed by atoms with Crippen LogP contribution in [-0.2, 0) is 4.74 Å². The van der Waals surface area contributed by atoms with Gasteiger partial charge in [-0.1, -0.05) is 6.07 Å². The van der Waals surface area contributed by atoms with E-state index in [0.29, 0.717) is 24.0 Å². The van der Waals surface area contributed by atoms with Crippen molar-refractivity contribution in [1.82, 2.24) is 19.6 Å². The van der Waals surface area contributed by atoms with E-state index in [-0.39, 0.29) is 11.4 Å². The summed E-state index contributed by atoms with van der Waals surface area (Å²) in [4.78, 5) is 11.4. The minimum absolute atomic E-state index is 0.0269. The Morgan fingerprint density at radius 3 is 2.81 bits per heavy atom. The van der Waals surface area contributed by atoms with Gasteiger partial charge >= 0.3 is 0 Å². The van der Waals surface area contributed by atoms with Crippen LogP contribution in [0.2, 0.25) is 0 Å². The number of aromatic nitrogens is 4. The summed E-state index contributed by atoms with van der Waals surface area (Å²) in [5.74, 6) is 1.46. The van der Waals surface area contributed by atoms with E-state index in [9.17, 15) is 5.11 Å². The third-order valence-electron chi connectivity index (χ3n) is 5.25. The molecule has 2 fully saturated rings. The van der Waals surface area contributed by atoms with E-state index in [2.05, 4.69) is 20.0 Å². The highest BCUT2D eigenvalue weighted by Crippen LogP contribution is 2.42. The van der Waals surface area contributed by atoms with Gasteiger partial charge in [0.2, 0.25) is 5.95 Å². The Morgan fingerprint density at radius 1 is 1.19 bits per heavy atom. The smallest absolute Gasteiger partial charge is 0.254 e. The summed E-state index contributed by atoms with van der Waals surface area (Å²) in [6, 6.07) is 5.66. The first kappa shape index (κ1) is 15.6. The summed E-state index contributed by atoms with van der Waals surface area (Å²) in [5, 5.41) is 14.9. The fourth-order valence-electron chi connectivity index (χ4n) is 3.78. The fourth-order valence-corrected chi connectivity index (χ4v) is 3.78. The van der Waals surface area contributed by atoms with Crippen LogP contribution in [0.1, 0.15) is 24.0 Å². The average Bonchev–Trinajstić information content (AvgIpc) is 3.19. The predicted molar refractivity (Wildman–Crippen MR) is 97.5 cm³/mol. The van der Waals surface area contributed by atoms with E-state index in [4.69, 9.17) is 4.74 Å². The summed E-state index contributed by atoms with van der Waals surface area (Å²) >= 11 is 0. The van der Waals surface area contributed by atoms with Crippen LogP contribution in [0, 0.1) is 13.8 Å². The van der Waals surface area contributed by atoms with Crippen molar-refractivity contribution in [2.24, 2.45) is 0 Å². The van der Waals surface area contributed by atoms with Crippen LogP contribution in [-0.4, -0.2) is 50.0 Å². The van der Waals surface area contributed by atoms with Gasteiger partial charge in [0.05, 0.1) is 24.4 Å². The summed E-state index contributed by atoms with van der Waals surface area (Å²) in [5.41, 5.74) is 3.48. The highest BCUT2D eigenvalue weighted by atomic mass is 16.5. The lowest BCUT2D eigenvalue weighted by molar-refractivity contribution is 0.0201. The number of fused-ring (bicyclic) bond motifs is 1. The second kappa shape index (κ2) is 5.41. The lowest BCUT2D eigenvalue weighted by Crippen LogP contribution is -2.44. The number of nitrogens with zero attached hydrogens (tertiary/aromatic N) is 5. The van der Waals surface area contributed by atoms with Gasteiger partial charge in [-0.3, -0.25) is 0 Å². The monoisotopic (exact) mass is 351 g/mol. The second-order valence-corrected chi connectivity index (χ2v) is 7.40. The van der Waals surface area contributed by atoms with Crippen LogP contribution in [0.15, 0.2) is 24.4 Å². The van der Waals surface area contributed by atoms with E-state index in [1.807, 2.05) is 32.2 Å². The third-order valence-corrected chi connectivity index (χ3v) is 5.25. The number of aromatic hydroxyl groups is 1. The van der Waals surface area contributed by atoms with Crippen molar-refractivity contribution >= 4 is 11.7 Å². The largest absolute Gasteiger partial charge is 0.507 e. The lowest BCUT2D eigenvalue weighted by Gasteiger charge is -2.32. The van der Waals surface area contributed by atoms with Gasteiger partial charge in [0.1, 0.15) is 5.75 Å². The Labute approximate surface area is 151 Å². The molecule has 5 rings (SSSR count). The standard InChI is InChI=1S/C19H21N5O2/c1-12-9-13(2)16(15(25)10-12)14-3-6-24-17(20-14)21-18(22-24)23-7-8-26-19(11-23)4-5-19/h3,6,9-10,25H,4-5,7-8,11H2,1-2H3. The molecule has 7 heteroatoms. The third kappa shape index (κ3) is 2.50. The molecule has 1 aliphatic carbocycles. The zero-order valence-electron chi connectivity index (χ0n) is 14.9. The molecule has 3 heterocycles. The van der Waals surface area contributed by atoms with Gasteiger partial charge in [-0.25, -0.2) is 9.50 Å². The first-order chi connectivity index (χ1) is 12.5. The van der Waals surface area contributed by atoms with Crippen LogP contribution in [0.25, 0.3) is 17.0 Å². The Morgan fingerprint density at radius 2 is 2.04 bits per heavy atom. The number of hydrogen-bond donors (Lipinski definition) is 1. The molecule has 134 valence electrons. The number of ether oxygens (including phenoxy) is 1. The average molecular weight is 351 g/mol. The molecule has 0 bridgehead atoms. The molecule has 7 nitrogen and oxygen atoms in total. The number of benzene rings is 1. The maximum Gasteiger partial charge on any atom is 0.254 e. The first-order valence-corrected chi connectivity index (χ1v) is 8.96. The van der Waals surface area contributed by atoms with E-state index < -0.39 is 0 Å². The van der Waals surface area contributed by atoms with Gasteiger partial charge < -0.3 is 14.7 Å². The summed E-state index contributed by atoms with van der Waals surface area (Å²) in [6.07, 6.45) is 4.08. The molecule has 0 atom stereocenters. The summed E-state index contributed by atoms with van der Waals surface area (Å²) < 4.78 is 7.56. The van der Waals surface area contributed by atoms with Gasteiger partial charge in [0.25, 0.3) is 5.78 Å². The topological polar surface area (TPSA) is 75.8 Å². The Bertz CT molecular complexity index is 985. The Kier molecular flexibility index (Phi) is 3.24. The van der Waals surface area contributed by atoms with Gasteiger partial charge in [0, 0.05) is 18.3 Å². The van der Waals surface area contributed by atoms with Crippen molar-refractivity contribution < 1.29 is 9.84 Å². The van der Waals surface area contributed by atoms with Gasteiger partial charge in [-0.2, -0.15) is 4.98 Å². The number of hydrogen-bond acceptors (Lipinski definition) is 6.